The molecule has 154 valence electrons. The maximum atomic E-state index is 13.0. The Morgan fingerprint density at radius 1 is 0.933 bits per heavy atom. The molecule has 1 aromatic carbocycles. The molecule has 4 rings (SSSR count). The monoisotopic (exact) mass is 404 g/mol. The molecule has 1 amide bonds. The van der Waals surface area contributed by atoms with Gasteiger partial charge in [-0.1, -0.05) is 12.1 Å². The van der Waals surface area contributed by atoms with Crippen LogP contribution >= 0.6 is 0 Å². The van der Waals surface area contributed by atoms with E-state index in [4.69, 9.17) is 9.47 Å². The van der Waals surface area contributed by atoms with Crippen LogP contribution in [0.3, 0.4) is 0 Å². The maximum Gasteiger partial charge on any atom is 0.241 e. The predicted molar refractivity (Wildman–Crippen MR) is 112 cm³/mol. The minimum atomic E-state index is -0.491. The van der Waals surface area contributed by atoms with Crippen molar-refractivity contribution in [1.82, 2.24) is 20.6 Å². The zero-order valence-corrected chi connectivity index (χ0v) is 16.6. The van der Waals surface area contributed by atoms with Gasteiger partial charge < -0.3 is 20.1 Å². The molecule has 2 aromatic heterocycles. The summed E-state index contributed by atoms with van der Waals surface area (Å²) in [5.74, 6) is 1.29. The fraction of sp³-hybridized carbons (Fsp3) is 0.261. The highest BCUT2D eigenvalue weighted by molar-refractivity contribution is 5.83. The van der Waals surface area contributed by atoms with Crippen LogP contribution in [0.4, 0.5) is 0 Å². The van der Waals surface area contributed by atoms with Crippen LogP contribution in [0.2, 0.25) is 0 Å². The first kappa shape index (κ1) is 19.8. The van der Waals surface area contributed by atoms with Gasteiger partial charge in [0, 0.05) is 37.9 Å². The molecular formula is C23H24N4O3. The Hall–Kier alpha value is -3.45. The van der Waals surface area contributed by atoms with Crippen molar-refractivity contribution in [3.63, 3.8) is 0 Å². The van der Waals surface area contributed by atoms with Crippen LogP contribution in [0, 0.1) is 0 Å². The number of ether oxygens (including phenoxy) is 2. The molecule has 1 unspecified atom stereocenters. The van der Waals surface area contributed by atoms with Crippen molar-refractivity contribution in [3.05, 3.63) is 83.9 Å². The third-order valence-electron chi connectivity index (χ3n) is 4.94. The third kappa shape index (κ3) is 5.12. The number of fused-ring (bicyclic) bond motifs is 1. The van der Waals surface area contributed by atoms with E-state index >= 15 is 0 Å². The highest BCUT2D eigenvalue weighted by atomic mass is 16.7. The standard InChI is InChI=1S/C23H24N4O3/c28-23(27-13-8-18-2-1-9-25-15-18)22(26-12-7-17-5-10-24-11-6-17)19-3-4-20-21(14-19)30-16-29-20/h1-6,9-11,14-15,22,26H,7-8,12-13,16H2,(H,27,28). The van der Waals surface area contributed by atoms with E-state index in [1.165, 1.54) is 5.56 Å². The van der Waals surface area contributed by atoms with E-state index in [1.54, 1.807) is 18.6 Å². The molecule has 7 heteroatoms. The Kier molecular flexibility index (Phi) is 6.51. The highest BCUT2D eigenvalue weighted by Gasteiger charge is 2.23. The molecule has 0 saturated carbocycles. The van der Waals surface area contributed by atoms with Crippen LogP contribution in [0.25, 0.3) is 0 Å². The number of nitrogens with zero attached hydrogens (tertiary/aromatic N) is 2. The van der Waals surface area contributed by atoms with Gasteiger partial charge in [0.2, 0.25) is 12.7 Å². The van der Waals surface area contributed by atoms with Gasteiger partial charge in [-0.05, 0) is 59.9 Å². The molecule has 7 nitrogen and oxygen atoms in total. The first-order valence-corrected chi connectivity index (χ1v) is 9.98. The zero-order chi connectivity index (χ0) is 20.6. The Balaban J connectivity index is 1.41. The first-order chi connectivity index (χ1) is 14.8. The average molecular weight is 404 g/mol. The lowest BCUT2D eigenvalue weighted by molar-refractivity contribution is -0.123. The molecule has 1 aliphatic rings. The van der Waals surface area contributed by atoms with E-state index in [0.29, 0.717) is 24.6 Å². The number of amides is 1. The number of rotatable bonds is 9. The van der Waals surface area contributed by atoms with Crippen molar-refractivity contribution < 1.29 is 14.3 Å². The van der Waals surface area contributed by atoms with Crippen molar-refractivity contribution in [2.45, 2.75) is 18.9 Å². The first-order valence-electron chi connectivity index (χ1n) is 9.98. The minimum absolute atomic E-state index is 0.0764. The smallest absolute Gasteiger partial charge is 0.241 e. The lowest BCUT2D eigenvalue weighted by Crippen LogP contribution is -2.39. The van der Waals surface area contributed by atoms with Crippen LogP contribution in [0.15, 0.2) is 67.3 Å². The second-order valence-electron chi connectivity index (χ2n) is 7.01. The largest absolute Gasteiger partial charge is 0.454 e. The maximum absolute atomic E-state index is 13.0. The molecule has 0 bridgehead atoms. The van der Waals surface area contributed by atoms with E-state index in [0.717, 1.165) is 24.0 Å². The van der Waals surface area contributed by atoms with Crippen molar-refractivity contribution >= 4 is 5.91 Å². The van der Waals surface area contributed by atoms with Gasteiger partial charge in [-0.25, -0.2) is 0 Å². The van der Waals surface area contributed by atoms with Crippen LogP contribution in [-0.4, -0.2) is 35.8 Å². The lowest BCUT2D eigenvalue weighted by Gasteiger charge is -2.19. The number of carbonyl (C=O) groups excluding carboxylic acids is 1. The highest BCUT2D eigenvalue weighted by Crippen LogP contribution is 2.34. The normalized spacial score (nSPS) is 13.1. The molecule has 3 heterocycles. The van der Waals surface area contributed by atoms with Crippen LogP contribution in [0.5, 0.6) is 11.5 Å². The quantitative estimate of drug-likeness (QED) is 0.570. The van der Waals surface area contributed by atoms with Gasteiger partial charge in [-0.2, -0.15) is 0 Å². The second kappa shape index (κ2) is 9.84. The molecule has 0 spiro atoms. The van der Waals surface area contributed by atoms with Gasteiger partial charge in [-0.15, -0.1) is 0 Å². The average Bonchev–Trinajstić information content (AvgIpc) is 3.26. The molecule has 0 radical (unpaired) electrons. The molecule has 0 aliphatic carbocycles. The SMILES string of the molecule is O=C(NCCc1cccnc1)C(NCCc1ccncc1)c1ccc2c(c1)OCO2. The number of hydrogen-bond acceptors (Lipinski definition) is 6. The van der Waals surface area contributed by atoms with Crippen molar-refractivity contribution in [3.8, 4) is 11.5 Å². The summed E-state index contributed by atoms with van der Waals surface area (Å²) in [4.78, 5) is 21.2. The zero-order valence-electron chi connectivity index (χ0n) is 16.6. The van der Waals surface area contributed by atoms with E-state index in [1.807, 2.05) is 48.7 Å². The Morgan fingerprint density at radius 2 is 1.77 bits per heavy atom. The number of pyridine rings is 2. The molecule has 0 saturated heterocycles. The molecule has 3 aromatic rings. The number of hydrogen-bond donors (Lipinski definition) is 2. The van der Waals surface area contributed by atoms with Gasteiger partial charge in [0.25, 0.3) is 0 Å². The number of nitrogens with one attached hydrogen (secondary N) is 2. The summed E-state index contributed by atoms with van der Waals surface area (Å²) in [5.41, 5.74) is 3.09. The van der Waals surface area contributed by atoms with E-state index in [9.17, 15) is 4.79 Å². The number of benzene rings is 1. The Morgan fingerprint density at radius 3 is 2.60 bits per heavy atom. The van der Waals surface area contributed by atoms with Crippen LogP contribution in [-0.2, 0) is 17.6 Å². The molecule has 2 N–H and O–H groups in total. The predicted octanol–water partition coefficient (Wildman–Crippen LogP) is 2.44. The van der Waals surface area contributed by atoms with Crippen LogP contribution < -0.4 is 20.1 Å². The molecular weight excluding hydrogens is 380 g/mol. The Bertz CT molecular complexity index is 967. The van der Waals surface area contributed by atoms with Gasteiger partial charge in [0.05, 0.1) is 0 Å². The molecule has 0 fully saturated rings. The molecule has 1 aliphatic heterocycles. The fourth-order valence-electron chi connectivity index (χ4n) is 3.34. The summed E-state index contributed by atoms with van der Waals surface area (Å²) in [7, 11) is 0. The summed E-state index contributed by atoms with van der Waals surface area (Å²) in [6, 6.07) is 13.0. The summed E-state index contributed by atoms with van der Waals surface area (Å²) in [5, 5.41) is 6.42. The topological polar surface area (TPSA) is 85.4 Å². The van der Waals surface area contributed by atoms with Crippen molar-refractivity contribution in [1.29, 1.82) is 0 Å². The summed E-state index contributed by atoms with van der Waals surface area (Å²) < 4.78 is 10.9. The van der Waals surface area contributed by atoms with Gasteiger partial charge in [0.1, 0.15) is 6.04 Å². The summed E-state index contributed by atoms with van der Waals surface area (Å²) >= 11 is 0. The van der Waals surface area contributed by atoms with E-state index in [-0.39, 0.29) is 12.7 Å². The van der Waals surface area contributed by atoms with E-state index < -0.39 is 6.04 Å². The van der Waals surface area contributed by atoms with Crippen molar-refractivity contribution in [2.75, 3.05) is 19.9 Å². The minimum Gasteiger partial charge on any atom is -0.454 e. The number of carbonyl (C=O) groups is 1. The summed E-state index contributed by atoms with van der Waals surface area (Å²) in [6.45, 7) is 1.40. The second-order valence-corrected chi connectivity index (χ2v) is 7.01. The van der Waals surface area contributed by atoms with E-state index in [2.05, 4.69) is 20.6 Å². The number of aromatic nitrogens is 2. The van der Waals surface area contributed by atoms with Gasteiger partial charge in [-0.3, -0.25) is 14.8 Å². The Labute approximate surface area is 175 Å². The van der Waals surface area contributed by atoms with Crippen LogP contribution in [0.1, 0.15) is 22.7 Å². The fourth-order valence-corrected chi connectivity index (χ4v) is 3.34. The molecule has 1 atom stereocenters. The molecule has 30 heavy (non-hydrogen) atoms. The van der Waals surface area contributed by atoms with Crippen molar-refractivity contribution in [2.24, 2.45) is 0 Å². The summed E-state index contributed by atoms with van der Waals surface area (Å²) in [6.07, 6.45) is 8.63. The van der Waals surface area contributed by atoms with Gasteiger partial charge in [0.15, 0.2) is 11.5 Å². The lowest BCUT2D eigenvalue weighted by atomic mass is 10.0. The third-order valence-corrected chi connectivity index (χ3v) is 4.94. The van der Waals surface area contributed by atoms with Gasteiger partial charge >= 0.3 is 0 Å².